The number of nitrogens with one attached hydrogen (secondary N) is 2. The second kappa shape index (κ2) is 7.27. The zero-order chi connectivity index (χ0) is 17.9. The van der Waals surface area contributed by atoms with E-state index in [0.29, 0.717) is 11.4 Å². The van der Waals surface area contributed by atoms with Gasteiger partial charge in [0.1, 0.15) is 0 Å². The summed E-state index contributed by atoms with van der Waals surface area (Å²) >= 11 is 0. The maximum atomic E-state index is 12.6. The van der Waals surface area contributed by atoms with Crippen LogP contribution in [0.1, 0.15) is 31.2 Å². The molecule has 1 aliphatic rings. The highest BCUT2D eigenvalue weighted by atomic mass is 32.2. The van der Waals surface area contributed by atoms with Gasteiger partial charge in [0, 0.05) is 5.92 Å². The summed E-state index contributed by atoms with van der Waals surface area (Å²) in [5, 5.41) is 2.87. The zero-order valence-electron chi connectivity index (χ0n) is 14.2. The lowest BCUT2D eigenvalue weighted by Crippen LogP contribution is -2.22. The van der Waals surface area contributed by atoms with Crippen LogP contribution in [0.4, 0.5) is 11.4 Å². The molecule has 2 aromatic rings. The van der Waals surface area contributed by atoms with Crippen LogP contribution in [0.15, 0.2) is 53.4 Å². The summed E-state index contributed by atoms with van der Waals surface area (Å²) in [5.41, 5.74) is 1.84. The van der Waals surface area contributed by atoms with Crippen molar-refractivity contribution >= 4 is 27.3 Å². The van der Waals surface area contributed by atoms with Crippen molar-refractivity contribution < 1.29 is 13.2 Å². The van der Waals surface area contributed by atoms with Crippen LogP contribution in [-0.2, 0) is 14.8 Å². The molecule has 0 unspecified atom stereocenters. The van der Waals surface area contributed by atoms with Crippen LogP contribution in [0.3, 0.4) is 0 Å². The van der Waals surface area contributed by atoms with E-state index in [1.54, 1.807) is 48.5 Å². The van der Waals surface area contributed by atoms with Gasteiger partial charge in [-0.1, -0.05) is 42.7 Å². The predicted octanol–water partition coefficient (Wildman–Crippen LogP) is 3.92. The molecule has 1 saturated carbocycles. The average molecular weight is 358 g/mol. The minimum absolute atomic E-state index is 0.0155. The standard InChI is InChI=1S/C19H22N2O3S/c1-14-10-12-16(13-11-14)25(23,24)21-18-9-5-4-8-17(18)20-19(22)15-6-2-3-7-15/h4-5,8-13,15,21H,2-3,6-7H2,1H3,(H,20,22). The molecule has 6 heteroatoms. The molecule has 1 amide bonds. The largest absolute Gasteiger partial charge is 0.324 e. The summed E-state index contributed by atoms with van der Waals surface area (Å²) in [5.74, 6) is -0.0266. The van der Waals surface area contributed by atoms with Crippen molar-refractivity contribution in [1.29, 1.82) is 0 Å². The molecule has 0 atom stereocenters. The SMILES string of the molecule is Cc1ccc(S(=O)(=O)Nc2ccccc2NC(=O)C2CCCC2)cc1. The van der Waals surface area contributed by atoms with Crippen molar-refractivity contribution in [3.05, 3.63) is 54.1 Å². The van der Waals surface area contributed by atoms with Gasteiger partial charge in [-0.25, -0.2) is 8.42 Å². The van der Waals surface area contributed by atoms with Crippen molar-refractivity contribution in [1.82, 2.24) is 0 Å². The Morgan fingerprint density at radius 3 is 2.20 bits per heavy atom. The van der Waals surface area contributed by atoms with Gasteiger partial charge in [0.15, 0.2) is 0 Å². The molecular formula is C19H22N2O3S. The molecular weight excluding hydrogens is 336 g/mol. The van der Waals surface area contributed by atoms with E-state index in [-0.39, 0.29) is 16.7 Å². The van der Waals surface area contributed by atoms with E-state index < -0.39 is 10.0 Å². The summed E-state index contributed by atoms with van der Waals surface area (Å²) < 4.78 is 27.7. The lowest BCUT2D eigenvalue weighted by Gasteiger charge is -2.15. The highest BCUT2D eigenvalue weighted by Gasteiger charge is 2.24. The van der Waals surface area contributed by atoms with Crippen molar-refractivity contribution in [2.45, 2.75) is 37.5 Å². The molecule has 0 heterocycles. The average Bonchev–Trinajstić information content (AvgIpc) is 3.11. The highest BCUT2D eigenvalue weighted by molar-refractivity contribution is 7.92. The third-order valence-corrected chi connectivity index (χ3v) is 5.87. The first-order chi connectivity index (χ1) is 12.0. The van der Waals surface area contributed by atoms with Crippen LogP contribution in [0.5, 0.6) is 0 Å². The van der Waals surface area contributed by atoms with Crippen LogP contribution in [0, 0.1) is 12.8 Å². The molecule has 2 aromatic carbocycles. The van der Waals surface area contributed by atoms with Crippen LogP contribution >= 0.6 is 0 Å². The fourth-order valence-electron chi connectivity index (χ4n) is 3.03. The molecule has 3 rings (SSSR count). The number of aryl methyl sites for hydroxylation is 1. The third-order valence-electron chi connectivity index (χ3n) is 4.49. The molecule has 5 nitrogen and oxygen atoms in total. The number of sulfonamides is 1. The molecule has 132 valence electrons. The first-order valence-corrected chi connectivity index (χ1v) is 9.93. The van der Waals surface area contributed by atoms with Crippen LogP contribution in [-0.4, -0.2) is 14.3 Å². The molecule has 0 spiro atoms. The number of hydrogen-bond acceptors (Lipinski definition) is 3. The Kier molecular flexibility index (Phi) is 5.08. The lowest BCUT2D eigenvalue weighted by molar-refractivity contribution is -0.119. The van der Waals surface area contributed by atoms with Gasteiger partial charge in [0.25, 0.3) is 10.0 Å². The molecule has 0 radical (unpaired) electrons. The molecule has 2 N–H and O–H groups in total. The van der Waals surface area contributed by atoms with E-state index in [1.807, 2.05) is 6.92 Å². The summed E-state index contributed by atoms with van der Waals surface area (Å²) in [6.07, 6.45) is 3.92. The number of benzene rings is 2. The Morgan fingerprint density at radius 1 is 0.960 bits per heavy atom. The molecule has 25 heavy (non-hydrogen) atoms. The summed E-state index contributed by atoms with van der Waals surface area (Å²) in [7, 11) is -3.71. The van der Waals surface area contributed by atoms with E-state index in [0.717, 1.165) is 31.2 Å². The number of para-hydroxylation sites is 2. The van der Waals surface area contributed by atoms with Gasteiger partial charge in [-0.05, 0) is 44.0 Å². The number of rotatable bonds is 5. The first-order valence-electron chi connectivity index (χ1n) is 8.45. The van der Waals surface area contributed by atoms with Gasteiger partial charge in [-0.15, -0.1) is 0 Å². The quantitative estimate of drug-likeness (QED) is 0.850. The van der Waals surface area contributed by atoms with Crippen molar-refractivity contribution in [3.8, 4) is 0 Å². The molecule has 1 aliphatic carbocycles. The Hall–Kier alpha value is -2.34. The summed E-state index contributed by atoms with van der Waals surface area (Å²) in [4.78, 5) is 12.5. The van der Waals surface area contributed by atoms with Gasteiger partial charge in [0.05, 0.1) is 16.3 Å². The first kappa shape index (κ1) is 17.5. The van der Waals surface area contributed by atoms with E-state index in [9.17, 15) is 13.2 Å². The molecule has 1 fully saturated rings. The van der Waals surface area contributed by atoms with E-state index >= 15 is 0 Å². The number of amides is 1. The lowest BCUT2D eigenvalue weighted by atomic mass is 10.1. The second-order valence-electron chi connectivity index (χ2n) is 6.43. The summed E-state index contributed by atoms with van der Waals surface area (Å²) in [6, 6.07) is 13.5. The van der Waals surface area contributed by atoms with Crippen molar-refractivity contribution in [3.63, 3.8) is 0 Å². The van der Waals surface area contributed by atoms with E-state index in [2.05, 4.69) is 10.0 Å². The molecule has 0 aliphatic heterocycles. The Labute approximate surface area is 148 Å². The van der Waals surface area contributed by atoms with Gasteiger partial charge >= 0.3 is 0 Å². The number of anilines is 2. The van der Waals surface area contributed by atoms with Crippen molar-refractivity contribution in [2.75, 3.05) is 10.0 Å². The second-order valence-corrected chi connectivity index (χ2v) is 8.12. The van der Waals surface area contributed by atoms with E-state index in [1.165, 1.54) is 0 Å². The molecule has 0 aromatic heterocycles. The van der Waals surface area contributed by atoms with Gasteiger partial charge in [0.2, 0.25) is 5.91 Å². The van der Waals surface area contributed by atoms with Crippen molar-refractivity contribution in [2.24, 2.45) is 5.92 Å². The number of carbonyl (C=O) groups is 1. The van der Waals surface area contributed by atoms with Crippen LogP contribution in [0.2, 0.25) is 0 Å². The fourth-order valence-corrected chi connectivity index (χ4v) is 4.10. The zero-order valence-corrected chi connectivity index (χ0v) is 15.0. The molecule has 0 bridgehead atoms. The van der Waals surface area contributed by atoms with Crippen LogP contribution in [0.25, 0.3) is 0 Å². The normalized spacial score (nSPS) is 15.1. The number of hydrogen-bond donors (Lipinski definition) is 2. The monoisotopic (exact) mass is 358 g/mol. The minimum atomic E-state index is -3.71. The highest BCUT2D eigenvalue weighted by Crippen LogP contribution is 2.29. The Morgan fingerprint density at radius 2 is 1.56 bits per heavy atom. The minimum Gasteiger partial charge on any atom is -0.324 e. The number of carbonyl (C=O) groups excluding carboxylic acids is 1. The smallest absolute Gasteiger partial charge is 0.261 e. The Bertz CT molecular complexity index is 854. The maximum Gasteiger partial charge on any atom is 0.261 e. The summed E-state index contributed by atoms with van der Waals surface area (Å²) in [6.45, 7) is 1.90. The van der Waals surface area contributed by atoms with E-state index in [4.69, 9.17) is 0 Å². The Balaban J connectivity index is 1.80. The maximum absolute atomic E-state index is 12.6. The van der Waals surface area contributed by atoms with Crippen LogP contribution < -0.4 is 10.0 Å². The third kappa shape index (κ3) is 4.20. The molecule has 0 saturated heterocycles. The topological polar surface area (TPSA) is 75.3 Å². The van der Waals surface area contributed by atoms with Gasteiger partial charge in [-0.3, -0.25) is 9.52 Å². The van der Waals surface area contributed by atoms with Gasteiger partial charge < -0.3 is 5.32 Å². The predicted molar refractivity (Wildman–Crippen MR) is 99.0 cm³/mol. The van der Waals surface area contributed by atoms with Gasteiger partial charge in [-0.2, -0.15) is 0 Å². The fraction of sp³-hybridized carbons (Fsp3) is 0.316.